The summed E-state index contributed by atoms with van der Waals surface area (Å²) in [6.45, 7) is 4.88. The normalized spacial score (nSPS) is 21.4. The number of halogens is 2. The van der Waals surface area contributed by atoms with Gasteiger partial charge in [-0.1, -0.05) is 6.92 Å². The number of hydrogen-bond acceptors (Lipinski definition) is 6. The van der Waals surface area contributed by atoms with Crippen LogP contribution in [0.4, 0.5) is 14.5 Å². The van der Waals surface area contributed by atoms with Crippen molar-refractivity contribution in [2.24, 2.45) is 11.7 Å². The van der Waals surface area contributed by atoms with E-state index < -0.39 is 11.6 Å². The molecule has 0 unspecified atom stereocenters. The lowest BCUT2D eigenvalue weighted by Gasteiger charge is -2.43. The SMILES string of the molecule is CC(=O)N[C@@H]1[C@H](N)CN(c2ccncc2Cc2ncc3ccc(-c4c(F)cc(C5CC5)cc4F)nn23)C[C@@H]1C. The molecule has 1 saturated heterocycles. The smallest absolute Gasteiger partial charge is 0.217 e. The number of nitrogens with zero attached hydrogens (tertiary/aromatic N) is 5. The lowest BCUT2D eigenvalue weighted by atomic mass is 9.89. The Morgan fingerprint density at radius 1 is 1.13 bits per heavy atom. The second-order valence-electron chi connectivity index (χ2n) is 10.8. The van der Waals surface area contributed by atoms with Crippen molar-refractivity contribution in [3.05, 3.63) is 77.5 Å². The van der Waals surface area contributed by atoms with Gasteiger partial charge in [0.1, 0.15) is 17.5 Å². The number of aromatic nitrogens is 4. The largest absolute Gasteiger partial charge is 0.369 e. The lowest BCUT2D eigenvalue weighted by Crippen LogP contribution is -2.61. The van der Waals surface area contributed by atoms with E-state index in [4.69, 9.17) is 5.73 Å². The summed E-state index contributed by atoms with van der Waals surface area (Å²) in [5.74, 6) is -0.271. The molecule has 0 bridgehead atoms. The van der Waals surface area contributed by atoms with Crippen molar-refractivity contribution in [3.8, 4) is 11.3 Å². The van der Waals surface area contributed by atoms with Crippen LogP contribution >= 0.6 is 0 Å². The topological polar surface area (TPSA) is 101 Å². The third-order valence-corrected chi connectivity index (χ3v) is 7.77. The van der Waals surface area contributed by atoms with Crippen molar-refractivity contribution in [2.45, 2.75) is 51.1 Å². The Hall–Kier alpha value is -3.92. The van der Waals surface area contributed by atoms with E-state index in [0.717, 1.165) is 36.2 Å². The van der Waals surface area contributed by atoms with Crippen molar-refractivity contribution in [3.63, 3.8) is 0 Å². The van der Waals surface area contributed by atoms with Gasteiger partial charge in [0.25, 0.3) is 0 Å². The van der Waals surface area contributed by atoms with Gasteiger partial charge in [-0.15, -0.1) is 0 Å². The molecule has 2 aliphatic rings. The van der Waals surface area contributed by atoms with E-state index in [9.17, 15) is 4.79 Å². The molecule has 1 aliphatic heterocycles. The van der Waals surface area contributed by atoms with Crippen LogP contribution in [-0.4, -0.2) is 50.7 Å². The van der Waals surface area contributed by atoms with Gasteiger partial charge in [-0.25, -0.2) is 18.3 Å². The Balaban J connectivity index is 1.30. The van der Waals surface area contributed by atoms with Gasteiger partial charge in [0.05, 0.1) is 23.0 Å². The molecule has 0 spiro atoms. The predicted molar refractivity (Wildman–Crippen MR) is 144 cm³/mol. The number of nitrogens with one attached hydrogen (secondary N) is 1. The molecule has 202 valence electrons. The lowest BCUT2D eigenvalue weighted by molar-refractivity contribution is -0.120. The molecule has 0 radical (unpaired) electrons. The van der Waals surface area contributed by atoms with Gasteiger partial charge >= 0.3 is 0 Å². The molecule has 3 N–H and O–H groups in total. The average molecular weight is 532 g/mol. The molecule has 8 nitrogen and oxygen atoms in total. The summed E-state index contributed by atoms with van der Waals surface area (Å²) in [4.78, 5) is 22.8. The van der Waals surface area contributed by atoms with Crippen molar-refractivity contribution in [2.75, 3.05) is 18.0 Å². The van der Waals surface area contributed by atoms with E-state index in [1.807, 2.05) is 6.07 Å². The maximum Gasteiger partial charge on any atom is 0.217 e. The molecular weight excluding hydrogens is 500 g/mol. The van der Waals surface area contributed by atoms with Gasteiger partial charge in [-0.05, 0) is 60.6 Å². The fraction of sp³-hybridized carbons (Fsp3) is 0.379. The molecule has 1 aliphatic carbocycles. The summed E-state index contributed by atoms with van der Waals surface area (Å²) in [5, 5.41) is 7.58. The number of benzene rings is 1. The van der Waals surface area contributed by atoms with Crippen molar-refractivity contribution >= 4 is 17.1 Å². The minimum atomic E-state index is -0.604. The molecule has 2 fully saturated rings. The number of hydrogen-bond donors (Lipinski definition) is 2. The second kappa shape index (κ2) is 10.00. The number of fused-ring (bicyclic) bond motifs is 1. The summed E-state index contributed by atoms with van der Waals surface area (Å²) in [7, 11) is 0. The van der Waals surface area contributed by atoms with Crippen LogP contribution < -0.4 is 16.0 Å². The zero-order valence-electron chi connectivity index (χ0n) is 21.9. The van der Waals surface area contributed by atoms with Gasteiger partial charge in [0.15, 0.2) is 0 Å². The van der Waals surface area contributed by atoms with E-state index in [-0.39, 0.29) is 41.1 Å². The first kappa shape index (κ1) is 25.4. The maximum absolute atomic E-state index is 15.0. The molecule has 6 rings (SSSR count). The number of imidazole rings is 1. The Bertz CT molecular complexity index is 1510. The number of rotatable bonds is 6. The number of pyridine rings is 1. The minimum absolute atomic E-state index is 0.0861. The average Bonchev–Trinajstić information content (AvgIpc) is 3.68. The first-order chi connectivity index (χ1) is 18.8. The minimum Gasteiger partial charge on any atom is -0.369 e. The molecular formula is C29H31F2N7O. The Morgan fingerprint density at radius 2 is 1.90 bits per heavy atom. The zero-order chi connectivity index (χ0) is 27.3. The number of amides is 1. The highest BCUT2D eigenvalue weighted by atomic mass is 19.1. The number of anilines is 1. The molecule has 39 heavy (non-hydrogen) atoms. The van der Waals surface area contributed by atoms with Crippen molar-refractivity contribution in [1.82, 2.24) is 24.9 Å². The quantitative estimate of drug-likeness (QED) is 0.392. The Labute approximate surface area is 225 Å². The molecule has 3 atom stereocenters. The highest BCUT2D eigenvalue weighted by Crippen LogP contribution is 2.42. The third kappa shape index (κ3) is 4.96. The zero-order valence-corrected chi connectivity index (χ0v) is 21.9. The van der Waals surface area contributed by atoms with Crippen LogP contribution in [0.5, 0.6) is 0 Å². The Morgan fingerprint density at radius 3 is 2.59 bits per heavy atom. The predicted octanol–water partition coefficient (Wildman–Crippen LogP) is 3.83. The Kier molecular flexibility index (Phi) is 6.50. The highest BCUT2D eigenvalue weighted by Gasteiger charge is 2.34. The molecule has 10 heteroatoms. The summed E-state index contributed by atoms with van der Waals surface area (Å²) in [6.07, 6.45) is 7.58. The second-order valence-corrected chi connectivity index (χ2v) is 10.8. The summed E-state index contributed by atoms with van der Waals surface area (Å²) in [5.41, 5.74) is 9.89. The van der Waals surface area contributed by atoms with Gasteiger partial charge < -0.3 is 16.0 Å². The fourth-order valence-electron chi connectivity index (χ4n) is 5.72. The fourth-order valence-corrected chi connectivity index (χ4v) is 5.72. The molecule has 3 aromatic heterocycles. The van der Waals surface area contributed by atoms with E-state index in [0.29, 0.717) is 24.4 Å². The highest BCUT2D eigenvalue weighted by molar-refractivity contribution is 5.73. The first-order valence-electron chi connectivity index (χ1n) is 13.3. The maximum atomic E-state index is 15.0. The van der Waals surface area contributed by atoms with Crippen LogP contribution in [0, 0.1) is 17.6 Å². The van der Waals surface area contributed by atoms with E-state index >= 15 is 8.78 Å². The molecule has 1 aromatic carbocycles. The number of nitrogens with two attached hydrogens (primary N) is 1. The monoisotopic (exact) mass is 531 g/mol. The van der Waals surface area contributed by atoms with Crippen LogP contribution in [0.25, 0.3) is 16.8 Å². The number of carbonyl (C=O) groups is 1. The van der Waals surface area contributed by atoms with E-state index in [1.165, 1.54) is 19.1 Å². The van der Waals surface area contributed by atoms with Gasteiger partial charge in [-0.3, -0.25) is 9.78 Å². The van der Waals surface area contributed by atoms with E-state index in [1.54, 1.807) is 35.2 Å². The molecule has 4 aromatic rings. The third-order valence-electron chi connectivity index (χ3n) is 7.77. The molecule has 1 saturated carbocycles. The summed E-state index contributed by atoms with van der Waals surface area (Å²) >= 11 is 0. The van der Waals surface area contributed by atoms with Crippen molar-refractivity contribution < 1.29 is 13.6 Å². The number of piperidine rings is 1. The van der Waals surface area contributed by atoms with Crippen LogP contribution in [0.2, 0.25) is 0 Å². The molecule has 4 heterocycles. The van der Waals surface area contributed by atoms with Crippen molar-refractivity contribution in [1.29, 1.82) is 0 Å². The molecule has 1 amide bonds. The van der Waals surface area contributed by atoms with Crippen LogP contribution in [0.15, 0.2) is 48.9 Å². The van der Waals surface area contributed by atoms with E-state index in [2.05, 4.69) is 32.2 Å². The van der Waals surface area contributed by atoms with Gasteiger partial charge in [-0.2, -0.15) is 5.10 Å². The van der Waals surface area contributed by atoms with Crippen LogP contribution in [0.1, 0.15) is 49.6 Å². The summed E-state index contributed by atoms with van der Waals surface area (Å²) in [6, 6.07) is 7.88. The standard InChI is InChI=1S/C29H31F2N7O/c1-16-14-37(15-24(32)29(16)35-17(2)39)26-7-8-33-12-20(26)11-27-34-13-21-5-6-25(36-38(21)27)28-22(30)9-19(10-23(28)31)18-3-4-18/h5-10,12-13,16,18,24,29H,3-4,11,14-15,32H2,1-2H3,(H,35,39)/t16-,24+,29-/m0/s1. The number of carbonyl (C=O) groups excluding carboxylic acids is 1. The first-order valence-corrected chi connectivity index (χ1v) is 13.3. The van der Waals surface area contributed by atoms with Crippen LogP contribution in [0.3, 0.4) is 0 Å². The van der Waals surface area contributed by atoms with Gasteiger partial charge in [0, 0.05) is 62.2 Å². The van der Waals surface area contributed by atoms with Crippen LogP contribution in [-0.2, 0) is 11.2 Å². The van der Waals surface area contributed by atoms with Gasteiger partial charge in [0.2, 0.25) is 5.91 Å². The summed E-state index contributed by atoms with van der Waals surface area (Å²) < 4.78 is 31.7.